The Morgan fingerprint density at radius 3 is 1.15 bits per heavy atom. The van der Waals surface area contributed by atoms with E-state index in [1.165, 1.54) is 190 Å². The number of aromatic hydroxyl groups is 1. The third-order valence-corrected chi connectivity index (χ3v) is 13.1. The molecule has 0 atom stereocenters. The van der Waals surface area contributed by atoms with Crippen molar-refractivity contribution in [2.75, 3.05) is 0 Å². The number of unbranched alkanes of at least 4 members (excludes halogenated alkanes) is 22. The fraction of sp³-hybridized carbons (Fsp3) is 0.538. The average Bonchev–Trinajstić information content (AvgIpc) is 3.26. The molecule has 10 nitrogen and oxygen atoms in total. The quantitative estimate of drug-likeness (QED) is 0.0272. The van der Waals surface area contributed by atoms with Gasteiger partial charge in [0.15, 0.2) is 11.5 Å². The van der Waals surface area contributed by atoms with Gasteiger partial charge >= 0.3 is 37.7 Å². The Hall–Kier alpha value is -2.84. The van der Waals surface area contributed by atoms with Crippen LogP contribution >= 0.6 is 0 Å². The van der Waals surface area contributed by atoms with Crippen molar-refractivity contribution in [2.45, 2.75) is 191 Å². The molecule has 356 valence electrons. The van der Waals surface area contributed by atoms with Crippen LogP contribution in [0.4, 0.5) is 0 Å². The Morgan fingerprint density at radius 2 is 0.800 bits per heavy atom. The summed E-state index contributed by atoms with van der Waals surface area (Å²) in [7, 11) is -8.73. The number of phenols is 1. The van der Waals surface area contributed by atoms with Crippen LogP contribution in [0.3, 0.4) is 0 Å². The van der Waals surface area contributed by atoms with E-state index in [-0.39, 0.29) is 64.8 Å². The van der Waals surface area contributed by atoms with E-state index >= 15 is 0 Å². The van der Waals surface area contributed by atoms with Crippen molar-refractivity contribution >= 4 is 58.0 Å². The van der Waals surface area contributed by atoms with E-state index in [9.17, 15) is 31.6 Å². The number of rotatable bonds is 32. The molecule has 13 heteroatoms. The fourth-order valence-corrected chi connectivity index (χ4v) is 8.49. The SMILES string of the molecule is CCCCCCCCCCCCCCc1ccc(Oc2ccc(S(=O)(=O)O)cc2)c(O)c1.CCCCCCCCCCCCCCc1ccc(Oc2ccc(S(=O)(=O)[O-])cc2)c([O-])c1.[Ca+2]. The second kappa shape index (κ2) is 33.6. The molecule has 0 aliphatic heterocycles. The summed E-state index contributed by atoms with van der Waals surface area (Å²) in [5.41, 5.74) is 2.07. The summed E-state index contributed by atoms with van der Waals surface area (Å²) in [5.74, 6) is 1.02. The van der Waals surface area contributed by atoms with E-state index in [0.29, 0.717) is 17.2 Å². The van der Waals surface area contributed by atoms with Gasteiger partial charge in [0.25, 0.3) is 10.1 Å². The summed E-state index contributed by atoms with van der Waals surface area (Å²) in [6.45, 7) is 4.51. The first-order valence-electron chi connectivity index (χ1n) is 23.9. The molecule has 0 aliphatic carbocycles. The molecule has 0 spiro atoms. The summed E-state index contributed by atoms with van der Waals surface area (Å²) in [6, 6.07) is 21.0. The van der Waals surface area contributed by atoms with Crippen molar-refractivity contribution in [1.82, 2.24) is 0 Å². The zero-order chi connectivity index (χ0) is 46.5. The maximum Gasteiger partial charge on any atom is 2.00 e. The molecule has 4 aromatic rings. The van der Waals surface area contributed by atoms with Crippen LogP contribution in [0.1, 0.15) is 179 Å². The number of benzene rings is 4. The second-order valence-corrected chi connectivity index (χ2v) is 19.7. The molecule has 0 radical (unpaired) electrons. The monoisotopic (exact) mass is 962 g/mol. The largest absolute Gasteiger partial charge is 2.00 e. The Labute approximate surface area is 421 Å². The number of hydrogen-bond donors (Lipinski definition) is 2. The molecular formula is C52H74CaO10S2. The normalized spacial score (nSPS) is 11.4. The molecule has 0 heterocycles. The van der Waals surface area contributed by atoms with Crippen molar-refractivity contribution in [2.24, 2.45) is 0 Å². The van der Waals surface area contributed by atoms with Gasteiger partial charge in [0.1, 0.15) is 27.4 Å². The van der Waals surface area contributed by atoms with E-state index in [1.54, 1.807) is 24.3 Å². The Balaban J connectivity index is 0.000000440. The average molecular weight is 963 g/mol. The molecule has 4 aromatic carbocycles. The van der Waals surface area contributed by atoms with Gasteiger partial charge in [0.2, 0.25) is 0 Å². The van der Waals surface area contributed by atoms with E-state index in [0.717, 1.165) is 36.8 Å². The summed E-state index contributed by atoms with van der Waals surface area (Å²) >= 11 is 0. The Kier molecular flexibility index (Phi) is 30.1. The standard InChI is InChI=1S/2C26H38O5S.Ca/c2*1-2-3-4-5-6-7-8-9-10-11-12-13-14-22-15-20-26(25(27)21-22)31-23-16-18-24(19-17-23)32(28,29)30;/h2*15-21,27H,2-14H2,1H3,(H,28,29,30);/q;;+2/p-2. The van der Waals surface area contributed by atoms with E-state index in [1.807, 2.05) is 12.1 Å². The third kappa shape index (κ3) is 25.8. The van der Waals surface area contributed by atoms with Gasteiger partial charge in [-0.25, -0.2) is 8.42 Å². The van der Waals surface area contributed by atoms with Gasteiger partial charge in [0.05, 0.1) is 9.79 Å². The first-order chi connectivity index (χ1) is 30.8. The van der Waals surface area contributed by atoms with Gasteiger partial charge in [-0.05, 0) is 104 Å². The van der Waals surface area contributed by atoms with Crippen molar-refractivity contribution in [3.63, 3.8) is 0 Å². The molecule has 0 aromatic heterocycles. The minimum absolute atomic E-state index is 0. The van der Waals surface area contributed by atoms with Crippen LogP contribution in [-0.4, -0.2) is 68.8 Å². The topological polar surface area (TPSA) is 173 Å². The number of ether oxygens (including phenoxy) is 2. The number of hydrogen-bond acceptors (Lipinski definition) is 9. The van der Waals surface area contributed by atoms with E-state index in [4.69, 9.17) is 14.0 Å². The molecule has 0 fully saturated rings. The van der Waals surface area contributed by atoms with Gasteiger partial charge in [-0.2, -0.15) is 8.42 Å². The van der Waals surface area contributed by atoms with Crippen LogP contribution < -0.4 is 14.6 Å². The van der Waals surface area contributed by atoms with Crippen LogP contribution in [-0.2, 0) is 33.1 Å². The summed E-state index contributed by atoms with van der Waals surface area (Å²) in [6.07, 6.45) is 33.3. The smallest absolute Gasteiger partial charge is 0.870 e. The molecule has 0 bridgehead atoms. The van der Waals surface area contributed by atoms with Gasteiger partial charge in [-0.15, -0.1) is 0 Å². The second-order valence-electron chi connectivity index (χ2n) is 16.9. The minimum Gasteiger partial charge on any atom is -0.870 e. The number of phenolic OH excluding ortho intramolecular Hbond substituents is 1. The Morgan fingerprint density at radius 1 is 0.462 bits per heavy atom. The molecular weight excluding hydrogens is 889 g/mol. The van der Waals surface area contributed by atoms with Crippen LogP contribution in [0, 0.1) is 0 Å². The molecule has 0 amide bonds. The third-order valence-electron chi connectivity index (χ3n) is 11.4. The fourth-order valence-electron chi connectivity index (χ4n) is 7.55. The minimum atomic E-state index is -4.50. The maximum absolute atomic E-state index is 12.3. The van der Waals surface area contributed by atoms with Crippen molar-refractivity contribution in [3.05, 3.63) is 96.1 Å². The van der Waals surface area contributed by atoms with Crippen molar-refractivity contribution in [3.8, 4) is 34.5 Å². The predicted octanol–water partition coefficient (Wildman–Crippen LogP) is 14.0. The van der Waals surface area contributed by atoms with Crippen molar-refractivity contribution in [1.29, 1.82) is 0 Å². The maximum atomic E-state index is 12.3. The zero-order valence-electron chi connectivity index (χ0n) is 39.2. The van der Waals surface area contributed by atoms with Crippen LogP contribution in [0.25, 0.3) is 0 Å². The van der Waals surface area contributed by atoms with Gasteiger partial charge in [0, 0.05) is 0 Å². The molecule has 0 aliphatic rings. The van der Waals surface area contributed by atoms with E-state index in [2.05, 4.69) is 13.8 Å². The predicted molar refractivity (Wildman–Crippen MR) is 260 cm³/mol. The van der Waals surface area contributed by atoms with E-state index < -0.39 is 20.2 Å². The first kappa shape index (κ1) is 58.3. The van der Waals surface area contributed by atoms with Crippen LogP contribution in [0.5, 0.6) is 34.5 Å². The summed E-state index contributed by atoms with van der Waals surface area (Å²) < 4.78 is 75.3. The van der Waals surface area contributed by atoms with Gasteiger partial charge < -0.3 is 24.2 Å². The Bertz CT molecular complexity index is 1940. The molecule has 0 saturated carbocycles. The van der Waals surface area contributed by atoms with Gasteiger partial charge in [-0.3, -0.25) is 4.55 Å². The van der Waals surface area contributed by atoms with Crippen molar-refractivity contribution < 1.29 is 45.6 Å². The van der Waals surface area contributed by atoms with Crippen LogP contribution in [0.15, 0.2) is 94.7 Å². The van der Waals surface area contributed by atoms with Crippen LogP contribution in [0.2, 0.25) is 0 Å². The first-order valence-corrected chi connectivity index (χ1v) is 26.8. The summed E-state index contributed by atoms with van der Waals surface area (Å²) in [4.78, 5) is -0.531. The number of aryl methyl sites for hydroxylation is 2. The molecule has 4 rings (SSSR count). The summed E-state index contributed by atoms with van der Waals surface area (Å²) in [5, 5.41) is 22.6. The molecule has 2 N–H and O–H groups in total. The van der Waals surface area contributed by atoms with Gasteiger partial charge in [-0.1, -0.05) is 179 Å². The zero-order valence-corrected chi connectivity index (χ0v) is 43.0. The molecule has 65 heavy (non-hydrogen) atoms. The molecule has 0 saturated heterocycles. The molecule has 0 unspecified atom stereocenters.